The smallest absolute Gasteiger partial charge is 0.0435 e. The first kappa shape index (κ1) is 28.2. The van der Waals surface area contributed by atoms with Gasteiger partial charge in [0, 0.05) is 18.3 Å². The summed E-state index contributed by atoms with van der Waals surface area (Å²) in [5, 5.41) is 0. The average Bonchev–Trinajstić information content (AvgIpc) is 3.15. The van der Waals surface area contributed by atoms with Gasteiger partial charge in [0.25, 0.3) is 0 Å². The Bertz CT molecular complexity index is 963. The molecule has 1 nitrogen and oxygen atoms in total. The van der Waals surface area contributed by atoms with Crippen LogP contribution in [-0.4, -0.2) is 6.04 Å². The van der Waals surface area contributed by atoms with Crippen molar-refractivity contribution in [2.24, 2.45) is 0 Å². The van der Waals surface area contributed by atoms with Crippen molar-refractivity contribution < 1.29 is 0 Å². The third-order valence-electron chi connectivity index (χ3n) is 8.24. The summed E-state index contributed by atoms with van der Waals surface area (Å²) < 4.78 is 0. The van der Waals surface area contributed by atoms with Crippen LogP contribution in [0.25, 0.3) is 0 Å². The fourth-order valence-corrected chi connectivity index (χ4v) is 4.64. The standard InChI is InChI=1S/C28H41N.C5H10/c1-9-24-17-22-16-20(4)12-15-26(22)29(24)19-21-13-14-23(27(5,6)10-2)18-25(21)28(7,8)11-3;1-4-5(2)3/h12-16,18,24H,9-11,17,19H2,1-8H3;2,4H2,1,3H3. The van der Waals surface area contributed by atoms with Gasteiger partial charge in [-0.2, -0.15) is 0 Å². The Labute approximate surface area is 211 Å². The molecule has 0 spiro atoms. The Morgan fingerprint density at radius 2 is 1.56 bits per heavy atom. The lowest BCUT2D eigenvalue weighted by atomic mass is 9.75. The lowest BCUT2D eigenvalue weighted by molar-refractivity contribution is 0.483. The third kappa shape index (κ3) is 6.55. The summed E-state index contributed by atoms with van der Waals surface area (Å²) in [5.74, 6) is 0. The first-order chi connectivity index (χ1) is 15.9. The van der Waals surface area contributed by atoms with Gasteiger partial charge in [-0.25, -0.2) is 0 Å². The van der Waals surface area contributed by atoms with Crippen molar-refractivity contribution in [1.29, 1.82) is 0 Å². The van der Waals surface area contributed by atoms with E-state index in [-0.39, 0.29) is 10.8 Å². The summed E-state index contributed by atoms with van der Waals surface area (Å²) in [5.41, 5.74) is 10.5. The molecule has 188 valence electrons. The zero-order valence-electron chi connectivity index (χ0n) is 23.9. The quantitative estimate of drug-likeness (QED) is 0.354. The molecule has 0 fully saturated rings. The van der Waals surface area contributed by atoms with E-state index >= 15 is 0 Å². The van der Waals surface area contributed by atoms with Crippen molar-refractivity contribution in [2.45, 2.75) is 125 Å². The van der Waals surface area contributed by atoms with Crippen LogP contribution in [0.5, 0.6) is 0 Å². The van der Waals surface area contributed by atoms with Gasteiger partial charge < -0.3 is 4.90 Å². The fraction of sp³-hybridized carbons (Fsp3) is 0.576. The van der Waals surface area contributed by atoms with Gasteiger partial charge in [0.15, 0.2) is 0 Å². The van der Waals surface area contributed by atoms with E-state index in [0.29, 0.717) is 6.04 Å². The Balaban J connectivity index is 0.000000739. The number of nitrogens with zero attached hydrogens (tertiary/aromatic N) is 1. The number of benzene rings is 2. The van der Waals surface area contributed by atoms with Gasteiger partial charge in [0.05, 0.1) is 0 Å². The molecule has 0 amide bonds. The van der Waals surface area contributed by atoms with E-state index in [4.69, 9.17) is 0 Å². The van der Waals surface area contributed by atoms with Gasteiger partial charge >= 0.3 is 0 Å². The molecule has 0 N–H and O–H groups in total. The number of anilines is 1. The lowest BCUT2D eigenvalue weighted by Crippen LogP contribution is -2.32. The molecule has 0 aromatic heterocycles. The highest BCUT2D eigenvalue weighted by Crippen LogP contribution is 2.39. The van der Waals surface area contributed by atoms with Crippen LogP contribution < -0.4 is 4.90 Å². The maximum atomic E-state index is 3.67. The Hall–Kier alpha value is -2.02. The predicted molar refractivity (Wildman–Crippen MR) is 153 cm³/mol. The molecule has 3 rings (SSSR count). The Kier molecular flexibility index (Phi) is 9.63. The molecule has 0 saturated heterocycles. The molecule has 0 aliphatic carbocycles. The molecule has 1 heterocycles. The molecule has 2 aromatic carbocycles. The predicted octanol–water partition coefficient (Wildman–Crippen LogP) is 9.68. The maximum absolute atomic E-state index is 3.67. The second-order valence-corrected chi connectivity index (χ2v) is 11.7. The molecular weight excluding hydrogens is 410 g/mol. The van der Waals surface area contributed by atoms with E-state index in [1.807, 2.05) is 6.92 Å². The first-order valence-corrected chi connectivity index (χ1v) is 13.5. The molecule has 0 saturated carbocycles. The van der Waals surface area contributed by atoms with E-state index in [9.17, 15) is 0 Å². The van der Waals surface area contributed by atoms with E-state index < -0.39 is 0 Å². The van der Waals surface area contributed by atoms with Crippen LogP contribution >= 0.6 is 0 Å². The van der Waals surface area contributed by atoms with Crippen LogP contribution in [0.2, 0.25) is 0 Å². The highest BCUT2D eigenvalue weighted by Gasteiger charge is 2.31. The Morgan fingerprint density at radius 1 is 0.941 bits per heavy atom. The van der Waals surface area contributed by atoms with Crippen LogP contribution in [0.15, 0.2) is 48.6 Å². The van der Waals surface area contributed by atoms with Gasteiger partial charge in [-0.15, -0.1) is 6.58 Å². The minimum absolute atomic E-state index is 0.187. The zero-order chi connectivity index (χ0) is 25.7. The molecule has 1 atom stereocenters. The van der Waals surface area contributed by atoms with Crippen molar-refractivity contribution in [3.8, 4) is 0 Å². The largest absolute Gasteiger partial charge is 0.364 e. The second kappa shape index (κ2) is 11.6. The Morgan fingerprint density at radius 3 is 2.09 bits per heavy atom. The molecule has 2 aromatic rings. The highest BCUT2D eigenvalue weighted by atomic mass is 15.2. The summed E-state index contributed by atoms with van der Waals surface area (Å²) >= 11 is 0. The van der Waals surface area contributed by atoms with Crippen molar-refractivity contribution in [1.82, 2.24) is 0 Å². The highest BCUT2D eigenvalue weighted by molar-refractivity contribution is 5.61. The minimum Gasteiger partial charge on any atom is -0.364 e. The topological polar surface area (TPSA) is 3.24 Å². The summed E-state index contributed by atoms with van der Waals surface area (Å²) in [6, 6.07) is 15.0. The average molecular weight is 462 g/mol. The van der Waals surface area contributed by atoms with E-state index in [1.54, 1.807) is 0 Å². The van der Waals surface area contributed by atoms with Gasteiger partial charge in [0.1, 0.15) is 0 Å². The zero-order valence-corrected chi connectivity index (χ0v) is 23.9. The summed E-state index contributed by atoms with van der Waals surface area (Å²) in [6.07, 6.45) is 5.81. The third-order valence-corrected chi connectivity index (χ3v) is 8.24. The number of hydrogen-bond acceptors (Lipinski definition) is 1. The normalized spacial score (nSPS) is 15.6. The molecular formula is C33H51N. The van der Waals surface area contributed by atoms with Crippen LogP contribution in [0.1, 0.15) is 116 Å². The van der Waals surface area contributed by atoms with Crippen molar-refractivity contribution in [3.05, 3.63) is 76.4 Å². The second-order valence-electron chi connectivity index (χ2n) is 11.7. The molecule has 0 bridgehead atoms. The van der Waals surface area contributed by atoms with Crippen LogP contribution in [0, 0.1) is 6.92 Å². The van der Waals surface area contributed by atoms with Crippen LogP contribution in [0.4, 0.5) is 5.69 Å². The fourth-order valence-electron chi connectivity index (χ4n) is 4.64. The number of rotatable bonds is 8. The summed E-state index contributed by atoms with van der Waals surface area (Å²) in [4.78, 5) is 2.67. The number of aryl methyl sites for hydroxylation is 1. The molecule has 1 heteroatoms. The van der Waals surface area contributed by atoms with Gasteiger partial charge in [-0.05, 0) is 85.1 Å². The van der Waals surface area contributed by atoms with Gasteiger partial charge in [-0.1, -0.05) is 96.9 Å². The van der Waals surface area contributed by atoms with Crippen molar-refractivity contribution in [2.75, 3.05) is 4.90 Å². The van der Waals surface area contributed by atoms with Crippen molar-refractivity contribution >= 4 is 5.69 Å². The molecule has 34 heavy (non-hydrogen) atoms. The summed E-state index contributed by atoms with van der Waals surface area (Å²) in [6.45, 7) is 27.5. The molecule has 1 unspecified atom stereocenters. The first-order valence-electron chi connectivity index (χ1n) is 13.5. The summed E-state index contributed by atoms with van der Waals surface area (Å²) in [7, 11) is 0. The maximum Gasteiger partial charge on any atom is 0.0435 e. The number of fused-ring (bicyclic) bond motifs is 1. The van der Waals surface area contributed by atoms with Crippen LogP contribution in [0.3, 0.4) is 0 Å². The minimum atomic E-state index is 0.187. The van der Waals surface area contributed by atoms with E-state index in [0.717, 1.165) is 25.8 Å². The lowest BCUT2D eigenvalue weighted by Gasteiger charge is -2.34. The molecule has 1 aliphatic heterocycles. The van der Waals surface area contributed by atoms with Gasteiger partial charge in [0.2, 0.25) is 0 Å². The number of allylic oxidation sites excluding steroid dienone is 1. The van der Waals surface area contributed by atoms with Gasteiger partial charge in [-0.3, -0.25) is 0 Å². The van der Waals surface area contributed by atoms with Crippen molar-refractivity contribution in [3.63, 3.8) is 0 Å². The SMILES string of the molecule is C=C(C)CC.CCC1Cc2cc(C)ccc2N1Cc1ccc(C(C)(C)CC)cc1C(C)(C)CC. The van der Waals surface area contributed by atoms with Crippen LogP contribution in [-0.2, 0) is 23.8 Å². The molecule has 1 aliphatic rings. The molecule has 0 radical (unpaired) electrons. The van der Waals surface area contributed by atoms with E-state index in [1.165, 1.54) is 51.9 Å². The number of hydrogen-bond donors (Lipinski definition) is 0. The monoisotopic (exact) mass is 461 g/mol. The van der Waals surface area contributed by atoms with E-state index in [2.05, 4.69) is 110 Å².